The van der Waals surface area contributed by atoms with E-state index in [1.807, 2.05) is 24.5 Å². The number of H-pyrrole nitrogens is 1. The number of aromatic amines is 1. The van der Waals surface area contributed by atoms with Crippen LogP contribution in [-0.4, -0.2) is 40.6 Å². The van der Waals surface area contributed by atoms with E-state index in [0.717, 1.165) is 44.6 Å². The molecule has 2 N–H and O–H groups in total. The van der Waals surface area contributed by atoms with Crippen LogP contribution in [0.1, 0.15) is 28.1 Å². The highest BCUT2D eigenvalue weighted by Gasteiger charge is 2.18. The van der Waals surface area contributed by atoms with Crippen molar-refractivity contribution in [3.8, 4) is 0 Å². The highest BCUT2D eigenvalue weighted by Crippen LogP contribution is 2.23. The van der Waals surface area contributed by atoms with Crippen molar-refractivity contribution in [1.82, 2.24) is 20.4 Å². The summed E-state index contributed by atoms with van der Waals surface area (Å²) in [6, 6.07) is 2.18. The van der Waals surface area contributed by atoms with Gasteiger partial charge in [-0.15, -0.1) is 11.3 Å². The average molecular weight is 318 g/mol. The van der Waals surface area contributed by atoms with Crippen LogP contribution in [0.2, 0.25) is 0 Å². The number of aromatic nitrogens is 2. The molecule has 0 radical (unpaired) electrons. The van der Waals surface area contributed by atoms with Crippen molar-refractivity contribution in [2.45, 2.75) is 32.7 Å². The van der Waals surface area contributed by atoms with Crippen LogP contribution >= 0.6 is 11.3 Å². The van der Waals surface area contributed by atoms with Gasteiger partial charge in [-0.2, -0.15) is 5.10 Å². The molecule has 0 aromatic carbocycles. The van der Waals surface area contributed by atoms with Gasteiger partial charge in [0.15, 0.2) is 0 Å². The molecule has 118 valence electrons. The third-order valence-corrected chi connectivity index (χ3v) is 5.16. The molecule has 0 aliphatic carbocycles. The van der Waals surface area contributed by atoms with Crippen LogP contribution in [0.4, 0.5) is 0 Å². The normalized spacial score (nSPS) is 14.8. The number of aryl methyl sites for hydroxylation is 2. The Morgan fingerprint density at radius 2 is 2.45 bits per heavy atom. The van der Waals surface area contributed by atoms with Crippen molar-refractivity contribution in [3.63, 3.8) is 0 Å². The van der Waals surface area contributed by atoms with E-state index < -0.39 is 0 Å². The molecule has 0 saturated carbocycles. The lowest BCUT2D eigenvalue weighted by atomic mass is 10.1. The third-order valence-electron chi connectivity index (χ3n) is 4.13. The minimum absolute atomic E-state index is 0.127. The summed E-state index contributed by atoms with van der Waals surface area (Å²) in [6.07, 6.45) is 4.83. The second-order valence-corrected chi connectivity index (χ2v) is 6.80. The van der Waals surface area contributed by atoms with E-state index >= 15 is 0 Å². The summed E-state index contributed by atoms with van der Waals surface area (Å²) < 4.78 is 0. The molecule has 3 heterocycles. The predicted octanol–water partition coefficient (Wildman–Crippen LogP) is 1.89. The highest BCUT2D eigenvalue weighted by atomic mass is 32.1. The van der Waals surface area contributed by atoms with Crippen molar-refractivity contribution in [2.75, 3.05) is 19.6 Å². The molecule has 5 nitrogen and oxygen atoms in total. The van der Waals surface area contributed by atoms with Crippen molar-refractivity contribution in [2.24, 2.45) is 0 Å². The zero-order valence-electron chi connectivity index (χ0n) is 12.9. The highest BCUT2D eigenvalue weighted by molar-refractivity contribution is 7.10. The molecule has 0 fully saturated rings. The Hall–Kier alpha value is -1.66. The molecule has 0 saturated heterocycles. The van der Waals surface area contributed by atoms with E-state index in [1.54, 1.807) is 0 Å². The zero-order valence-corrected chi connectivity index (χ0v) is 13.7. The number of fused-ring (bicyclic) bond motifs is 1. The first-order chi connectivity index (χ1) is 10.7. The Balaban J connectivity index is 1.36. The number of thiophene rings is 1. The molecule has 22 heavy (non-hydrogen) atoms. The van der Waals surface area contributed by atoms with Gasteiger partial charge in [-0.25, -0.2) is 0 Å². The zero-order chi connectivity index (χ0) is 15.4. The van der Waals surface area contributed by atoms with Gasteiger partial charge in [0.1, 0.15) is 0 Å². The van der Waals surface area contributed by atoms with E-state index in [-0.39, 0.29) is 5.91 Å². The predicted molar refractivity (Wildman–Crippen MR) is 88.0 cm³/mol. The lowest BCUT2D eigenvalue weighted by molar-refractivity contribution is -0.122. The number of carbonyl (C=O) groups excluding carboxylic acids is 1. The minimum atomic E-state index is 0.127. The number of nitrogens with one attached hydrogen (secondary N) is 2. The summed E-state index contributed by atoms with van der Waals surface area (Å²) in [7, 11) is 0. The SMILES string of the molecule is Cc1[nH]ncc1CCCNC(=O)CN1CCc2sccc2C1. The van der Waals surface area contributed by atoms with Crippen LogP contribution in [0, 0.1) is 6.92 Å². The number of hydrogen-bond donors (Lipinski definition) is 2. The van der Waals surface area contributed by atoms with Crippen LogP contribution in [0.15, 0.2) is 17.6 Å². The molecule has 6 heteroatoms. The number of hydrogen-bond acceptors (Lipinski definition) is 4. The number of carbonyl (C=O) groups is 1. The van der Waals surface area contributed by atoms with E-state index in [0.29, 0.717) is 6.54 Å². The van der Waals surface area contributed by atoms with E-state index in [1.165, 1.54) is 16.0 Å². The van der Waals surface area contributed by atoms with E-state index in [2.05, 4.69) is 31.9 Å². The van der Waals surface area contributed by atoms with Crippen molar-refractivity contribution < 1.29 is 4.79 Å². The first-order valence-corrected chi connectivity index (χ1v) is 8.63. The Bertz CT molecular complexity index is 634. The maximum Gasteiger partial charge on any atom is 0.234 e. The molecule has 0 spiro atoms. The molecular formula is C16H22N4OS. The van der Waals surface area contributed by atoms with Crippen LogP contribution in [0.25, 0.3) is 0 Å². The average Bonchev–Trinajstić information content (AvgIpc) is 3.12. The van der Waals surface area contributed by atoms with Crippen LogP contribution < -0.4 is 5.32 Å². The Morgan fingerprint density at radius 3 is 3.27 bits per heavy atom. The molecular weight excluding hydrogens is 296 g/mol. The fourth-order valence-electron chi connectivity index (χ4n) is 2.84. The topological polar surface area (TPSA) is 61.0 Å². The molecule has 1 aliphatic heterocycles. The van der Waals surface area contributed by atoms with Crippen LogP contribution in [-0.2, 0) is 24.2 Å². The van der Waals surface area contributed by atoms with Gasteiger partial charge < -0.3 is 5.32 Å². The van der Waals surface area contributed by atoms with Crippen molar-refractivity contribution >= 4 is 17.2 Å². The van der Waals surface area contributed by atoms with E-state index in [4.69, 9.17) is 0 Å². The standard InChI is InChI=1S/C16H22N4OS/c1-12-13(9-18-19-12)3-2-6-17-16(21)11-20-7-4-15-14(10-20)5-8-22-15/h5,8-9H,2-4,6-7,10-11H2,1H3,(H,17,21)(H,18,19). The first kappa shape index (κ1) is 15.2. The largest absolute Gasteiger partial charge is 0.355 e. The molecule has 2 aromatic heterocycles. The minimum Gasteiger partial charge on any atom is -0.355 e. The first-order valence-electron chi connectivity index (χ1n) is 7.75. The number of nitrogens with zero attached hydrogens (tertiary/aromatic N) is 2. The summed E-state index contributed by atoms with van der Waals surface area (Å²) in [5.74, 6) is 0.127. The van der Waals surface area contributed by atoms with Gasteiger partial charge in [0.2, 0.25) is 5.91 Å². The molecule has 1 aliphatic rings. The van der Waals surface area contributed by atoms with Crippen LogP contribution in [0.5, 0.6) is 0 Å². The van der Waals surface area contributed by atoms with Gasteiger partial charge in [0, 0.05) is 30.2 Å². The molecule has 0 bridgehead atoms. The number of rotatable bonds is 6. The number of amides is 1. The van der Waals surface area contributed by atoms with Crippen molar-refractivity contribution in [1.29, 1.82) is 0 Å². The Labute approximate surface area is 134 Å². The molecule has 0 unspecified atom stereocenters. The smallest absolute Gasteiger partial charge is 0.234 e. The summed E-state index contributed by atoms with van der Waals surface area (Å²) in [5, 5.41) is 12.1. The third kappa shape index (κ3) is 3.75. The summed E-state index contributed by atoms with van der Waals surface area (Å²) in [6.45, 7) is 5.13. The summed E-state index contributed by atoms with van der Waals surface area (Å²) in [5.41, 5.74) is 3.74. The van der Waals surface area contributed by atoms with Crippen molar-refractivity contribution in [3.05, 3.63) is 39.3 Å². The molecule has 2 aromatic rings. The van der Waals surface area contributed by atoms with Crippen LogP contribution in [0.3, 0.4) is 0 Å². The van der Waals surface area contributed by atoms with Gasteiger partial charge >= 0.3 is 0 Å². The van der Waals surface area contributed by atoms with Gasteiger partial charge in [-0.3, -0.25) is 14.8 Å². The molecule has 0 atom stereocenters. The van der Waals surface area contributed by atoms with Gasteiger partial charge in [0.05, 0.1) is 12.7 Å². The van der Waals surface area contributed by atoms with Gasteiger partial charge in [0.25, 0.3) is 0 Å². The Kier molecular flexibility index (Phi) is 4.90. The van der Waals surface area contributed by atoms with Gasteiger partial charge in [-0.1, -0.05) is 0 Å². The quantitative estimate of drug-likeness (QED) is 0.800. The maximum atomic E-state index is 12.0. The summed E-state index contributed by atoms with van der Waals surface area (Å²) >= 11 is 1.83. The van der Waals surface area contributed by atoms with Gasteiger partial charge in [-0.05, 0) is 48.8 Å². The second kappa shape index (κ2) is 7.07. The lowest BCUT2D eigenvalue weighted by Gasteiger charge is -2.26. The summed E-state index contributed by atoms with van der Waals surface area (Å²) in [4.78, 5) is 15.7. The monoisotopic (exact) mass is 318 g/mol. The second-order valence-electron chi connectivity index (χ2n) is 5.80. The molecule has 3 rings (SSSR count). The molecule has 1 amide bonds. The van der Waals surface area contributed by atoms with E-state index in [9.17, 15) is 4.79 Å². The fourth-order valence-corrected chi connectivity index (χ4v) is 3.72. The Morgan fingerprint density at radius 1 is 1.55 bits per heavy atom. The fraction of sp³-hybridized carbons (Fsp3) is 0.500. The maximum absolute atomic E-state index is 12.0. The lowest BCUT2D eigenvalue weighted by Crippen LogP contribution is -2.39.